The van der Waals surface area contributed by atoms with Crippen molar-refractivity contribution in [2.75, 3.05) is 6.61 Å². The van der Waals surface area contributed by atoms with E-state index >= 15 is 0 Å². The van der Waals surface area contributed by atoms with E-state index in [2.05, 4.69) is 16.2 Å². The molecule has 2 aromatic rings. The van der Waals surface area contributed by atoms with Gasteiger partial charge in [-0.3, -0.25) is 0 Å². The molecule has 18 heavy (non-hydrogen) atoms. The first-order valence-electron chi connectivity index (χ1n) is 6.04. The minimum Gasteiger partial charge on any atom is -0.493 e. The number of rotatable bonds is 2. The van der Waals surface area contributed by atoms with Crippen molar-refractivity contribution in [3.05, 3.63) is 41.5 Å². The Morgan fingerprint density at radius 2 is 2.22 bits per heavy atom. The zero-order valence-corrected chi connectivity index (χ0v) is 10.2. The zero-order valence-electron chi connectivity index (χ0n) is 10.2. The number of hydrogen-bond donors (Lipinski definition) is 1. The van der Waals surface area contributed by atoms with Crippen molar-refractivity contribution in [2.24, 2.45) is 5.73 Å². The van der Waals surface area contributed by atoms with Crippen molar-refractivity contribution >= 4 is 0 Å². The Morgan fingerprint density at radius 3 is 3.00 bits per heavy atom. The Labute approximate surface area is 105 Å². The number of nitrogens with two attached hydrogens (primary N) is 1. The average Bonchev–Trinajstić information content (AvgIpc) is 2.88. The first-order valence-corrected chi connectivity index (χ1v) is 6.04. The summed E-state index contributed by atoms with van der Waals surface area (Å²) in [6.45, 7) is 2.40. The highest BCUT2D eigenvalue weighted by Crippen LogP contribution is 2.31. The van der Waals surface area contributed by atoms with Crippen LogP contribution in [0.5, 0.6) is 5.75 Å². The zero-order chi connectivity index (χ0) is 12.5. The van der Waals surface area contributed by atoms with Gasteiger partial charge >= 0.3 is 0 Å². The van der Waals surface area contributed by atoms with Gasteiger partial charge in [-0.2, -0.15) is 4.98 Å². The van der Waals surface area contributed by atoms with Crippen LogP contribution in [0, 0.1) is 0 Å². The maximum atomic E-state index is 5.71. The summed E-state index contributed by atoms with van der Waals surface area (Å²) < 4.78 is 10.8. The van der Waals surface area contributed by atoms with Crippen LogP contribution in [0.1, 0.15) is 36.2 Å². The van der Waals surface area contributed by atoms with Gasteiger partial charge in [0, 0.05) is 0 Å². The fourth-order valence-electron chi connectivity index (χ4n) is 2.09. The van der Waals surface area contributed by atoms with E-state index in [4.69, 9.17) is 15.0 Å². The molecule has 94 valence electrons. The SMILES string of the molecule is C[C@@H](N)c1nc(C2COc3ccccc3C2)no1. The van der Waals surface area contributed by atoms with Gasteiger partial charge in [0.25, 0.3) is 0 Å². The van der Waals surface area contributed by atoms with Gasteiger partial charge in [-0.15, -0.1) is 0 Å². The monoisotopic (exact) mass is 245 g/mol. The summed E-state index contributed by atoms with van der Waals surface area (Å²) in [5, 5.41) is 3.99. The largest absolute Gasteiger partial charge is 0.493 e. The third kappa shape index (κ3) is 1.97. The number of benzene rings is 1. The average molecular weight is 245 g/mol. The molecule has 0 amide bonds. The minimum atomic E-state index is -0.233. The first kappa shape index (κ1) is 11.2. The summed E-state index contributed by atoms with van der Waals surface area (Å²) in [6.07, 6.45) is 0.869. The Hall–Kier alpha value is -1.88. The van der Waals surface area contributed by atoms with E-state index in [1.807, 2.05) is 25.1 Å². The number of nitrogens with zero attached hydrogens (tertiary/aromatic N) is 2. The molecule has 0 saturated heterocycles. The molecule has 5 heteroatoms. The predicted octanol–water partition coefficient (Wildman–Crippen LogP) is 1.81. The lowest BCUT2D eigenvalue weighted by Crippen LogP contribution is -2.20. The lowest BCUT2D eigenvalue weighted by molar-refractivity contribution is 0.253. The molecule has 1 aromatic carbocycles. The summed E-state index contributed by atoms with van der Waals surface area (Å²) >= 11 is 0. The van der Waals surface area contributed by atoms with Gasteiger partial charge in [-0.05, 0) is 25.0 Å². The van der Waals surface area contributed by atoms with E-state index in [9.17, 15) is 0 Å². The second-order valence-electron chi connectivity index (χ2n) is 4.60. The molecule has 1 unspecified atom stereocenters. The van der Waals surface area contributed by atoms with E-state index in [0.29, 0.717) is 18.3 Å². The lowest BCUT2D eigenvalue weighted by atomic mass is 9.96. The van der Waals surface area contributed by atoms with Crippen LogP contribution >= 0.6 is 0 Å². The molecule has 5 nitrogen and oxygen atoms in total. The van der Waals surface area contributed by atoms with Crippen molar-refractivity contribution in [2.45, 2.75) is 25.3 Å². The smallest absolute Gasteiger partial charge is 0.243 e. The molecule has 0 saturated carbocycles. The Kier molecular flexibility index (Phi) is 2.76. The van der Waals surface area contributed by atoms with Gasteiger partial charge in [0.05, 0.1) is 18.6 Å². The van der Waals surface area contributed by atoms with Crippen LogP contribution in [0.3, 0.4) is 0 Å². The van der Waals surface area contributed by atoms with Crippen LogP contribution in [0.15, 0.2) is 28.8 Å². The van der Waals surface area contributed by atoms with Crippen molar-refractivity contribution in [1.82, 2.24) is 10.1 Å². The Morgan fingerprint density at radius 1 is 1.39 bits per heavy atom. The molecule has 0 spiro atoms. The predicted molar refractivity (Wildman–Crippen MR) is 65.3 cm³/mol. The van der Waals surface area contributed by atoms with Crippen LogP contribution in [0.25, 0.3) is 0 Å². The highest BCUT2D eigenvalue weighted by molar-refractivity contribution is 5.36. The highest BCUT2D eigenvalue weighted by Gasteiger charge is 2.25. The molecule has 2 N–H and O–H groups in total. The van der Waals surface area contributed by atoms with Crippen molar-refractivity contribution in [3.8, 4) is 5.75 Å². The van der Waals surface area contributed by atoms with E-state index in [-0.39, 0.29) is 12.0 Å². The number of aromatic nitrogens is 2. The fraction of sp³-hybridized carbons (Fsp3) is 0.385. The Bertz CT molecular complexity index is 551. The van der Waals surface area contributed by atoms with Crippen LogP contribution in [-0.4, -0.2) is 16.7 Å². The molecular weight excluding hydrogens is 230 g/mol. The standard InChI is InChI=1S/C13H15N3O2/c1-8(14)13-15-12(16-18-13)10-6-9-4-2-3-5-11(9)17-7-10/h2-5,8,10H,6-7,14H2,1H3/t8-,10?/m1/s1. The minimum absolute atomic E-state index is 0.135. The van der Waals surface area contributed by atoms with E-state index in [1.54, 1.807) is 0 Å². The van der Waals surface area contributed by atoms with Gasteiger partial charge < -0.3 is 15.0 Å². The third-order valence-electron chi connectivity index (χ3n) is 3.09. The molecule has 1 aliphatic heterocycles. The molecule has 1 aromatic heterocycles. The van der Waals surface area contributed by atoms with E-state index < -0.39 is 0 Å². The maximum absolute atomic E-state index is 5.71. The lowest BCUT2D eigenvalue weighted by Gasteiger charge is -2.22. The van der Waals surface area contributed by atoms with Gasteiger partial charge in [0.1, 0.15) is 5.75 Å². The summed E-state index contributed by atoms with van der Waals surface area (Å²) in [6, 6.07) is 7.79. The summed E-state index contributed by atoms with van der Waals surface area (Å²) in [5.74, 6) is 2.24. The Balaban J connectivity index is 1.83. The summed E-state index contributed by atoms with van der Waals surface area (Å²) in [5.41, 5.74) is 6.89. The van der Waals surface area contributed by atoms with Crippen LogP contribution in [0.4, 0.5) is 0 Å². The highest BCUT2D eigenvalue weighted by atomic mass is 16.5. The molecule has 0 fully saturated rings. The van der Waals surface area contributed by atoms with Gasteiger partial charge in [-0.25, -0.2) is 0 Å². The van der Waals surface area contributed by atoms with Gasteiger partial charge in [0.2, 0.25) is 5.89 Å². The molecule has 0 bridgehead atoms. The second kappa shape index (κ2) is 4.42. The number of hydrogen-bond acceptors (Lipinski definition) is 5. The van der Waals surface area contributed by atoms with E-state index in [1.165, 1.54) is 5.56 Å². The first-order chi connectivity index (χ1) is 8.74. The normalized spacial score (nSPS) is 20.0. The molecule has 2 atom stereocenters. The molecule has 1 aliphatic rings. The van der Waals surface area contributed by atoms with Crippen LogP contribution in [-0.2, 0) is 6.42 Å². The molecule has 0 radical (unpaired) electrons. The van der Waals surface area contributed by atoms with Gasteiger partial charge in [0.15, 0.2) is 5.82 Å². The second-order valence-corrected chi connectivity index (χ2v) is 4.60. The van der Waals surface area contributed by atoms with E-state index in [0.717, 1.165) is 12.2 Å². The molecule has 2 heterocycles. The number of ether oxygens (including phenoxy) is 1. The van der Waals surface area contributed by atoms with Crippen molar-refractivity contribution in [3.63, 3.8) is 0 Å². The molecular formula is C13H15N3O2. The quantitative estimate of drug-likeness (QED) is 0.873. The van der Waals surface area contributed by atoms with Crippen molar-refractivity contribution in [1.29, 1.82) is 0 Å². The van der Waals surface area contributed by atoms with Crippen molar-refractivity contribution < 1.29 is 9.26 Å². The number of para-hydroxylation sites is 1. The third-order valence-corrected chi connectivity index (χ3v) is 3.09. The van der Waals surface area contributed by atoms with Crippen LogP contribution < -0.4 is 10.5 Å². The van der Waals surface area contributed by atoms with Crippen LogP contribution in [0.2, 0.25) is 0 Å². The topological polar surface area (TPSA) is 74.2 Å². The molecule has 0 aliphatic carbocycles. The maximum Gasteiger partial charge on any atom is 0.243 e. The van der Waals surface area contributed by atoms with Gasteiger partial charge in [-0.1, -0.05) is 23.4 Å². The summed E-state index contributed by atoms with van der Waals surface area (Å²) in [4.78, 5) is 4.32. The molecule has 3 rings (SSSR count). The number of fused-ring (bicyclic) bond motifs is 1. The summed E-state index contributed by atoms with van der Waals surface area (Å²) in [7, 11) is 0. The fourth-order valence-corrected chi connectivity index (χ4v) is 2.09.